The van der Waals surface area contributed by atoms with E-state index in [1.807, 2.05) is 0 Å². The van der Waals surface area contributed by atoms with Crippen molar-refractivity contribution in [3.05, 3.63) is 24.3 Å². The first-order valence-corrected chi connectivity index (χ1v) is 9.09. The molecule has 2 unspecified atom stereocenters. The molecule has 1 aromatic carbocycles. The third kappa shape index (κ3) is 3.32. The van der Waals surface area contributed by atoms with Crippen molar-refractivity contribution in [3.8, 4) is 5.75 Å². The molecule has 0 heterocycles. The van der Waals surface area contributed by atoms with E-state index in [0.29, 0.717) is 17.4 Å². The van der Waals surface area contributed by atoms with Gasteiger partial charge in [-0.25, -0.2) is 5.43 Å². The van der Waals surface area contributed by atoms with Crippen LogP contribution in [0.5, 0.6) is 5.75 Å². The van der Waals surface area contributed by atoms with Crippen molar-refractivity contribution >= 4 is 23.2 Å². The van der Waals surface area contributed by atoms with Crippen molar-refractivity contribution in [3.63, 3.8) is 0 Å². The molecular weight excluding hydrogens is 330 g/mol. The number of nitrogens with zero attached hydrogens (tertiary/aromatic N) is 1. The fourth-order valence-electron chi connectivity index (χ4n) is 4.25. The van der Waals surface area contributed by atoms with Crippen LogP contribution in [-0.2, 0) is 9.59 Å². The first-order valence-electron chi connectivity index (χ1n) is 9.09. The molecule has 0 radical (unpaired) electrons. The van der Waals surface area contributed by atoms with Crippen molar-refractivity contribution in [2.75, 3.05) is 11.9 Å². The highest BCUT2D eigenvalue weighted by Gasteiger charge is 2.59. The molecule has 2 N–H and O–H groups in total. The number of anilines is 1. The zero-order valence-corrected chi connectivity index (χ0v) is 15.9. The molecule has 0 spiro atoms. The Bertz CT molecular complexity index is 739. The summed E-state index contributed by atoms with van der Waals surface area (Å²) in [6, 6.07) is 6.88. The average Bonchev–Trinajstić information content (AvgIpc) is 2.92. The number of hydrogen-bond acceptors (Lipinski definition) is 4. The minimum atomic E-state index is -0.271. The van der Waals surface area contributed by atoms with Gasteiger partial charge in [-0.1, -0.05) is 20.8 Å². The number of rotatable bonds is 5. The number of hydrogen-bond donors (Lipinski definition) is 2. The van der Waals surface area contributed by atoms with Crippen LogP contribution in [0.3, 0.4) is 0 Å². The van der Waals surface area contributed by atoms with Crippen molar-refractivity contribution in [1.29, 1.82) is 0 Å². The Kier molecular flexibility index (Phi) is 4.78. The van der Waals surface area contributed by atoms with Gasteiger partial charge in [0.2, 0.25) is 5.91 Å². The Morgan fingerprint density at radius 1 is 1.23 bits per heavy atom. The molecule has 2 bridgehead atoms. The highest BCUT2D eigenvalue weighted by Crippen LogP contribution is 2.63. The number of ether oxygens (including phenoxy) is 1. The van der Waals surface area contributed by atoms with Gasteiger partial charge in [0.25, 0.3) is 5.91 Å². The number of carbonyl (C=O) groups excluding carboxylic acids is 2. The van der Waals surface area contributed by atoms with Gasteiger partial charge in [-0.3, -0.25) is 9.59 Å². The predicted molar refractivity (Wildman–Crippen MR) is 101 cm³/mol. The van der Waals surface area contributed by atoms with Crippen molar-refractivity contribution in [2.45, 2.75) is 47.0 Å². The molecule has 0 saturated heterocycles. The van der Waals surface area contributed by atoms with Gasteiger partial charge in [-0.2, -0.15) is 5.10 Å². The summed E-state index contributed by atoms with van der Waals surface area (Å²) in [5.41, 5.74) is 4.75. The highest BCUT2D eigenvalue weighted by atomic mass is 16.5. The van der Waals surface area contributed by atoms with E-state index in [9.17, 15) is 9.59 Å². The minimum Gasteiger partial charge on any atom is -0.484 e. The third-order valence-corrected chi connectivity index (χ3v) is 6.37. The van der Waals surface area contributed by atoms with Gasteiger partial charge < -0.3 is 10.1 Å². The third-order valence-electron chi connectivity index (χ3n) is 6.37. The van der Waals surface area contributed by atoms with Crippen LogP contribution in [0.25, 0.3) is 0 Å². The number of hydrazone groups is 1. The van der Waals surface area contributed by atoms with E-state index in [4.69, 9.17) is 4.74 Å². The summed E-state index contributed by atoms with van der Waals surface area (Å²) in [5, 5.41) is 7.10. The van der Waals surface area contributed by atoms with E-state index in [2.05, 4.69) is 36.6 Å². The van der Waals surface area contributed by atoms with Crippen LogP contribution in [0.1, 0.15) is 47.0 Å². The van der Waals surface area contributed by atoms with Crippen LogP contribution >= 0.6 is 0 Å². The molecule has 2 fully saturated rings. The summed E-state index contributed by atoms with van der Waals surface area (Å²) in [6.07, 6.45) is 3.35. The molecule has 3 rings (SSSR count). The number of carbonyl (C=O) groups is 2. The molecule has 2 amide bonds. The second-order valence-electron chi connectivity index (χ2n) is 8.08. The maximum absolute atomic E-state index is 12.1. The summed E-state index contributed by atoms with van der Waals surface area (Å²) >= 11 is 0. The molecule has 26 heavy (non-hydrogen) atoms. The Morgan fingerprint density at radius 3 is 2.46 bits per heavy atom. The van der Waals surface area contributed by atoms with E-state index in [1.165, 1.54) is 13.3 Å². The summed E-state index contributed by atoms with van der Waals surface area (Å²) in [5.74, 6) is 0.818. The van der Waals surface area contributed by atoms with Crippen LogP contribution in [-0.4, -0.2) is 24.1 Å². The SMILES string of the molecule is CC(=O)Nc1ccc(OCC(=O)N/N=C2\CC3CCC2(C)C3(C)C)cc1. The zero-order chi connectivity index (χ0) is 18.9. The first-order chi connectivity index (χ1) is 12.2. The topological polar surface area (TPSA) is 79.8 Å². The van der Waals surface area contributed by atoms with Crippen molar-refractivity contribution in [2.24, 2.45) is 21.8 Å². The lowest BCUT2D eigenvalue weighted by Gasteiger charge is -2.34. The van der Waals surface area contributed by atoms with Gasteiger partial charge in [0.1, 0.15) is 5.75 Å². The zero-order valence-electron chi connectivity index (χ0n) is 15.9. The first kappa shape index (κ1) is 18.4. The maximum atomic E-state index is 12.1. The standard InChI is InChI=1S/C20H27N3O3/c1-13(24)21-15-5-7-16(8-6-15)26-12-18(25)23-22-17-11-14-9-10-20(17,4)19(14,2)3/h5-8,14H,9-12H2,1-4H3,(H,21,24)(H,23,25)/b22-17+. The predicted octanol–water partition coefficient (Wildman–Crippen LogP) is 3.34. The molecule has 1 aromatic rings. The molecule has 0 aromatic heterocycles. The highest BCUT2D eigenvalue weighted by molar-refractivity contribution is 5.95. The smallest absolute Gasteiger partial charge is 0.277 e. The lowest BCUT2D eigenvalue weighted by atomic mass is 9.70. The normalized spacial score (nSPS) is 27.4. The fourth-order valence-corrected chi connectivity index (χ4v) is 4.25. The Labute approximate surface area is 154 Å². The van der Waals surface area contributed by atoms with Crippen molar-refractivity contribution < 1.29 is 14.3 Å². The van der Waals surface area contributed by atoms with E-state index in [0.717, 1.165) is 18.6 Å². The van der Waals surface area contributed by atoms with E-state index >= 15 is 0 Å². The minimum absolute atomic E-state index is 0.0747. The largest absolute Gasteiger partial charge is 0.484 e. The quantitative estimate of drug-likeness (QED) is 0.793. The molecule has 2 atom stereocenters. The van der Waals surface area contributed by atoms with Crippen LogP contribution in [0, 0.1) is 16.7 Å². The molecule has 6 nitrogen and oxygen atoms in total. The Balaban J connectivity index is 1.52. The molecular formula is C20H27N3O3. The number of benzene rings is 1. The maximum Gasteiger partial charge on any atom is 0.277 e. The summed E-state index contributed by atoms with van der Waals surface area (Å²) in [7, 11) is 0. The Morgan fingerprint density at radius 2 is 1.92 bits per heavy atom. The summed E-state index contributed by atoms with van der Waals surface area (Å²) < 4.78 is 5.48. The van der Waals surface area contributed by atoms with Crippen LogP contribution in [0.4, 0.5) is 5.69 Å². The Hall–Kier alpha value is -2.37. The van der Waals surface area contributed by atoms with E-state index in [1.54, 1.807) is 24.3 Å². The second kappa shape index (κ2) is 6.74. The molecule has 6 heteroatoms. The van der Waals surface area contributed by atoms with Gasteiger partial charge in [0.15, 0.2) is 6.61 Å². The fraction of sp³-hybridized carbons (Fsp3) is 0.550. The van der Waals surface area contributed by atoms with Gasteiger partial charge in [0, 0.05) is 23.7 Å². The van der Waals surface area contributed by atoms with Gasteiger partial charge in [-0.15, -0.1) is 0 Å². The second-order valence-corrected chi connectivity index (χ2v) is 8.08. The molecule has 2 aliphatic carbocycles. The van der Waals surface area contributed by atoms with Gasteiger partial charge in [-0.05, 0) is 54.9 Å². The van der Waals surface area contributed by atoms with Crippen LogP contribution < -0.4 is 15.5 Å². The van der Waals surface area contributed by atoms with E-state index in [-0.39, 0.29) is 29.3 Å². The number of amides is 2. The molecule has 0 aliphatic heterocycles. The molecule has 2 aliphatic rings. The lowest BCUT2D eigenvalue weighted by molar-refractivity contribution is -0.123. The number of fused-ring (bicyclic) bond motifs is 2. The lowest BCUT2D eigenvalue weighted by Crippen LogP contribution is -2.35. The summed E-state index contributed by atoms with van der Waals surface area (Å²) in [4.78, 5) is 23.1. The van der Waals surface area contributed by atoms with Gasteiger partial charge in [0.05, 0.1) is 0 Å². The van der Waals surface area contributed by atoms with Crippen LogP contribution in [0.15, 0.2) is 29.4 Å². The van der Waals surface area contributed by atoms with Crippen LogP contribution in [0.2, 0.25) is 0 Å². The summed E-state index contributed by atoms with van der Waals surface area (Å²) in [6.45, 7) is 8.23. The van der Waals surface area contributed by atoms with Crippen molar-refractivity contribution in [1.82, 2.24) is 5.43 Å². The average molecular weight is 357 g/mol. The van der Waals surface area contributed by atoms with E-state index < -0.39 is 0 Å². The number of nitrogens with one attached hydrogen (secondary N) is 2. The molecule has 140 valence electrons. The molecule has 2 saturated carbocycles. The van der Waals surface area contributed by atoms with Gasteiger partial charge >= 0.3 is 0 Å². The monoisotopic (exact) mass is 357 g/mol.